The first kappa shape index (κ1) is 74.1. The second-order valence-electron chi connectivity index (χ2n) is 36.4. The first-order chi connectivity index (χ1) is 50.4. The van der Waals surface area contributed by atoms with Gasteiger partial charge in [-0.05, 0) is 232 Å². The van der Waals surface area contributed by atoms with E-state index in [1.54, 1.807) is 0 Å². The zero-order chi connectivity index (χ0) is 73.4. The molecule has 0 aliphatic heterocycles. The molecule has 542 valence electrons. The Morgan fingerprint density at radius 3 is 0.924 bits per heavy atom. The Balaban J connectivity index is 1.13. The second-order valence-corrected chi connectivity index (χ2v) is 51.7. The van der Waals surface area contributed by atoms with Crippen LogP contribution in [0.4, 0.5) is 34.1 Å². The third-order valence-electron chi connectivity index (χ3n) is 24.7. The molecule has 4 aliphatic carbocycles. The number of fused-ring (bicyclic) bond motifs is 1. The van der Waals surface area contributed by atoms with E-state index >= 15 is 0 Å². The number of allylic oxidation sites excluding steroid dienone is 2. The molecule has 0 saturated heterocycles. The summed E-state index contributed by atoms with van der Waals surface area (Å²) in [5, 5.41) is 6.92. The van der Waals surface area contributed by atoms with Crippen molar-refractivity contribution in [3.63, 3.8) is 0 Å². The Morgan fingerprint density at radius 1 is 0.333 bits per heavy atom. The molecule has 0 heterocycles. The van der Waals surface area contributed by atoms with Crippen LogP contribution in [0.15, 0.2) is 218 Å². The summed E-state index contributed by atoms with van der Waals surface area (Å²) in [6.07, 6.45) is 30.3. The van der Waals surface area contributed by atoms with Crippen molar-refractivity contribution < 1.29 is 0 Å². The van der Waals surface area contributed by atoms with Crippen LogP contribution in [-0.4, -0.2) is 24.2 Å². The van der Waals surface area contributed by atoms with Crippen molar-refractivity contribution in [2.45, 2.75) is 239 Å². The molecule has 2 nitrogen and oxygen atoms in total. The van der Waals surface area contributed by atoms with E-state index in [1.807, 2.05) is 0 Å². The summed E-state index contributed by atoms with van der Waals surface area (Å²) in [7, 11) is -4.81. The summed E-state index contributed by atoms with van der Waals surface area (Å²) in [5.41, 5.74) is 26.8. The van der Waals surface area contributed by atoms with Crippen LogP contribution in [0.2, 0.25) is 58.9 Å². The number of hydrogen-bond acceptors (Lipinski definition) is 2. The molecule has 10 aromatic carbocycles. The van der Waals surface area contributed by atoms with Crippen LogP contribution in [0.5, 0.6) is 0 Å². The Labute approximate surface area is 636 Å². The van der Waals surface area contributed by atoms with E-state index in [0.717, 1.165) is 0 Å². The fraction of sp³-hybridized carbons (Fsp3) is 0.380. The molecule has 4 saturated carbocycles. The van der Waals surface area contributed by atoms with Crippen LogP contribution < -0.4 is 25.4 Å². The highest BCUT2D eigenvalue weighted by atomic mass is 28.3. The molecular formula is C100H120N2Si3. The Kier molecular flexibility index (Phi) is 22.0. The zero-order valence-electron chi connectivity index (χ0n) is 66.3. The van der Waals surface area contributed by atoms with E-state index in [4.69, 9.17) is 6.58 Å². The fourth-order valence-corrected chi connectivity index (χ4v) is 21.8. The predicted molar refractivity (Wildman–Crippen MR) is 470 cm³/mol. The third kappa shape index (κ3) is 16.5. The van der Waals surface area contributed by atoms with E-state index in [9.17, 15) is 0 Å². The largest absolute Gasteiger partial charge is 0.310 e. The number of rotatable bonds is 19. The first-order valence-electron chi connectivity index (χ1n) is 40.9. The molecule has 4 aliphatic rings. The lowest BCUT2D eigenvalue weighted by Gasteiger charge is -2.37. The van der Waals surface area contributed by atoms with Gasteiger partial charge in [-0.25, -0.2) is 0 Å². The maximum absolute atomic E-state index is 4.73. The predicted octanol–water partition coefficient (Wildman–Crippen LogP) is 29.2. The Bertz CT molecular complexity index is 4580. The van der Waals surface area contributed by atoms with Crippen LogP contribution in [0.3, 0.4) is 0 Å². The van der Waals surface area contributed by atoms with Crippen molar-refractivity contribution in [2.75, 3.05) is 9.80 Å². The molecule has 0 aromatic heterocycles. The van der Waals surface area contributed by atoms with E-state index in [1.165, 1.54) is 272 Å². The summed E-state index contributed by atoms with van der Waals surface area (Å²) in [6, 6.07) is 81.5. The monoisotopic (exact) mass is 1430 g/mol. The summed E-state index contributed by atoms with van der Waals surface area (Å²) >= 11 is 0. The van der Waals surface area contributed by atoms with Crippen molar-refractivity contribution in [3.05, 3.63) is 252 Å². The van der Waals surface area contributed by atoms with Gasteiger partial charge in [-0.15, -0.1) is 0 Å². The number of nitrogens with zero attached hydrogens (tertiary/aromatic N) is 2. The van der Waals surface area contributed by atoms with Crippen molar-refractivity contribution in [1.29, 1.82) is 0 Å². The van der Waals surface area contributed by atoms with Gasteiger partial charge in [0.15, 0.2) is 0 Å². The normalized spacial score (nSPS) is 16.6. The minimum Gasteiger partial charge on any atom is -0.310 e. The molecule has 0 amide bonds. The highest BCUT2D eigenvalue weighted by Crippen LogP contribution is 2.55. The maximum atomic E-state index is 4.73. The minimum absolute atomic E-state index is 0.234. The Hall–Kier alpha value is -7.81. The second kappa shape index (κ2) is 31.2. The lowest BCUT2D eigenvalue weighted by molar-refractivity contribution is 0.435. The number of anilines is 6. The van der Waals surface area contributed by atoms with Gasteiger partial charge in [-0.3, -0.25) is 0 Å². The van der Waals surface area contributed by atoms with E-state index < -0.39 is 24.2 Å². The minimum atomic E-state index is -1.60. The number of benzene rings is 10. The van der Waals surface area contributed by atoms with Crippen molar-refractivity contribution in [1.82, 2.24) is 0 Å². The van der Waals surface area contributed by atoms with Crippen LogP contribution >= 0.6 is 0 Å². The van der Waals surface area contributed by atoms with Gasteiger partial charge in [-0.2, -0.15) is 0 Å². The lowest BCUT2D eigenvalue weighted by Crippen LogP contribution is -2.37. The van der Waals surface area contributed by atoms with Gasteiger partial charge in [-0.1, -0.05) is 324 Å². The van der Waals surface area contributed by atoms with Crippen molar-refractivity contribution >= 4 is 90.8 Å². The first-order valence-corrected chi connectivity index (χ1v) is 51.4. The average Bonchev–Trinajstić information content (AvgIpc) is 0.721. The number of hydrogen-bond donors (Lipinski definition) is 0. The molecule has 0 N–H and O–H groups in total. The zero-order valence-corrected chi connectivity index (χ0v) is 69.3. The maximum Gasteiger partial charge on any atom is 0.0775 e. The average molecular weight is 1430 g/mol. The van der Waals surface area contributed by atoms with Gasteiger partial charge >= 0.3 is 0 Å². The quantitative estimate of drug-likeness (QED) is 0.0588. The molecule has 0 atom stereocenters. The lowest BCUT2D eigenvalue weighted by atomic mass is 9.79. The highest BCUT2D eigenvalue weighted by Gasteiger charge is 2.33. The van der Waals surface area contributed by atoms with Gasteiger partial charge in [0.1, 0.15) is 0 Å². The van der Waals surface area contributed by atoms with Gasteiger partial charge < -0.3 is 9.80 Å². The van der Waals surface area contributed by atoms with Crippen LogP contribution in [0, 0.1) is 12.3 Å². The van der Waals surface area contributed by atoms with Crippen molar-refractivity contribution in [2.24, 2.45) is 5.41 Å². The van der Waals surface area contributed by atoms with Crippen molar-refractivity contribution in [3.8, 4) is 44.5 Å². The summed E-state index contributed by atoms with van der Waals surface area (Å²) in [5.74, 6) is 2.07. The topological polar surface area (TPSA) is 6.48 Å². The highest BCUT2D eigenvalue weighted by molar-refractivity contribution is 6.89. The Morgan fingerprint density at radius 2 is 0.619 bits per heavy atom. The molecule has 14 rings (SSSR count). The fourth-order valence-electron chi connectivity index (χ4n) is 18.3. The van der Waals surface area contributed by atoms with Crippen LogP contribution in [0.1, 0.15) is 206 Å². The van der Waals surface area contributed by atoms with E-state index in [2.05, 4.69) is 309 Å². The molecule has 10 aromatic rings. The smallest absolute Gasteiger partial charge is 0.0775 e. The van der Waals surface area contributed by atoms with E-state index in [0.29, 0.717) is 23.7 Å². The third-order valence-corrected chi connectivity index (χ3v) is 30.9. The molecule has 0 spiro atoms. The molecule has 105 heavy (non-hydrogen) atoms. The van der Waals surface area contributed by atoms with Crippen LogP contribution in [-0.2, 0) is 0 Å². The van der Waals surface area contributed by atoms with E-state index in [-0.39, 0.29) is 5.41 Å². The summed E-state index contributed by atoms with van der Waals surface area (Å²) in [4.78, 5) is 5.59. The molecular weight excluding hydrogens is 1310 g/mol. The van der Waals surface area contributed by atoms with Crippen LogP contribution in [0.25, 0.3) is 61.4 Å². The van der Waals surface area contributed by atoms with Gasteiger partial charge in [0.25, 0.3) is 0 Å². The van der Waals surface area contributed by atoms with Gasteiger partial charge in [0, 0.05) is 39.1 Å². The standard InChI is InChI=1S/C100H120N2Si3/c1-15-87(100(3,4)5)69-97-70(2)98(101(88-61-79(71-33-21-16-22-34-71)57-80(62-88)72-35-23-17-24-36-72)89-66-85(77-47-53-93(54-48-77)104(9,10)11)60-86(67-89)78-49-55-94(56-50-78)105(12,13)14)95-43-31-32-44-96(95)99(97)102(90-63-81(73-37-25-18-26-38-73)58-82(64-90)74-39-27-19-28-40-74)91-65-83(75-41-29-20-30-42-75)59-84(68-91)76-45-51-92(52-46-76)103(6,7)8/h15,20,29-32,41-69,71-74H,1,16-19,21-28,33-40H2,2-14H3/b87-69+. The summed E-state index contributed by atoms with van der Waals surface area (Å²) in [6.45, 7) is 36.7. The van der Waals surface area contributed by atoms with Gasteiger partial charge in [0.05, 0.1) is 35.6 Å². The van der Waals surface area contributed by atoms with Gasteiger partial charge in [0.2, 0.25) is 0 Å². The molecule has 4 fully saturated rings. The SMILES string of the molecule is C=C/C(=C\c1c(C)c(N(c2cc(-c3ccc([Si](C)(C)C)cc3)cc(-c3ccc([Si](C)(C)C)cc3)c2)c2cc(C3CCCCC3)cc(C3CCCCC3)c2)c2ccccc2c1N(c1cc(-c2ccccc2)cc(-c2ccc([Si](C)(C)C)cc2)c1)c1cc(C2CCCCC2)cc(C2CCCCC2)c1)C(C)(C)C. The molecule has 5 heteroatoms. The summed E-state index contributed by atoms with van der Waals surface area (Å²) < 4.78 is 0. The molecule has 0 bridgehead atoms. The molecule has 0 unspecified atom stereocenters. The molecule has 0 radical (unpaired) electrons.